The van der Waals surface area contributed by atoms with Crippen LogP contribution >= 0.6 is 0 Å². The smallest absolute Gasteiger partial charge is 0.161 e. The van der Waals surface area contributed by atoms with E-state index in [1.807, 2.05) is 30.5 Å². The van der Waals surface area contributed by atoms with E-state index in [2.05, 4.69) is 11.1 Å². The quantitative estimate of drug-likeness (QED) is 0.721. The SMILES string of the molecule is CC(C)c1nc2cc(F)c(F)cc2n1Cc1ccccc1C#N. The molecule has 116 valence electrons. The molecule has 5 heteroatoms. The van der Waals surface area contributed by atoms with E-state index in [0.717, 1.165) is 17.5 Å². The average Bonchev–Trinajstić information content (AvgIpc) is 2.86. The van der Waals surface area contributed by atoms with Crippen molar-refractivity contribution in [3.05, 3.63) is 65.0 Å². The van der Waals surface area contributed by atoms with Crippen molar-refractivity contribution in [1.82, 2.24) is 9.55 Å². The van der Waals surface area contributed by atoms with Crippen LogP contribution in [0.4, 0.5) is 8.78 Å². The van der Waals surface area contributed by atoms with E-state index >= 15 is 0 Å². The van der Waals surface area contributed by atoms with Gasteiger partial charge in [0, 0.05) is 18.1 Å². The van der Waals surface area contributed by atoms with Crippen molar-refractivity contribution < 1.29 is 8.78 Å². The van der Waals surface area contributed by atoms with Crippen molar-refractivity contribution in [3.63, 3.8) is 0 Å². The van der Waals surface area contributed by atoms with E-state index in [1.54, 1.807) is 12.1 Å². The van der Waals surface area contributed by atoms with Gasteiger partial charge in [0.1, 0.15) is 5.82 Å². The van der Waals surface area contributed by atoms with Gasteiger partial charge < -0.3 is 4.57 Å². The van der Waals surface area contributed by atoms with E-state index in [9.17, 15) is 14.0 Å². The van der Waals surface area contributed by atoms with Crippen LogP contribution in [0.5, 0.6) is 0 Å². The second-order valence-corrected chi connectivity index (χ2v) is 5.73. The van der Waals surface area contributed by atoms with Crippen LogP contribution < -0.4 is 0 Å². The topological polar surface area (TPSA) is 41.6 Å². The minimum absolute atomic E-state index is 0.0859. The Morgan fingerprint density at radius 1 is 1.17 bits per heavy atom. The Morgan fingerprint density at radius 2 is 1.87 bits per heavy atom. The molecule has 1 aromatic heterocycles. The van der Waals surface area contributed by atoms with Gasteiger partial charge in [-0.2, -0.15) is 5.26 Å². The highest BCUT2D eigenvalue weighted by molar-refractivity contribution is 5.76. The molecule has 0 atom stereocenters. The monoisotopic (exact) mass is 311 g/mol. The van der Waals surface area contributed by atoms with Gasteiger partial charge in [-0.15, -0.1) is 0 Å². The zero-order chi connectivity index (χ0) is 16.6. The molecule has 0 unspecified atom stereocenters. The first kappa shape index (κ1) is 15.2. The van der Waals surface area contributed by atoms with Crippen molar-refractivity contribution >= 4 is 11.0 Å². The minimum Gasteiger partial charge on any atom is -0.323 e. The number of imidazole rings is 1. The predicted octanol–water partition coefficient (Wildman–Crippen LogP) is 4.36. The lowest BCUT2D eigenvalue weighted by atomic mass is 10.1. The molecule has 0 radical (unpaired) electrons. The highest BCUT2D eigenvalue weighted by atomic mass is 19.2. The molecule has 23 heavy (non-hydrogen) atoms. The summed E-state index contributed by atoms with van der Waals surface area (Å²) in [6, 6.07) is 11.7. The molecular weight excluding hydrogens is 296 g/mol. The lowest BCUT2D eigenvalue weighted by molar-refractivity contribution is 0.510. The maximum absolute atomic E-state index is 13.7. The van der Waals surface area contributed by atoms with Crippen LogP contribution in [0.3, 0.4) is 0 Å². The van der Waals surface area contributed by atoms with E-state index in [1.165, 1.54) is 6.07 Å². The molecule has 0 saturated heterocycles. The summed E-state index contributed by atoms with van der Waals surface area (Å²) >= 11 is 0. The fourth-order valence-corrected chi connectivity index (χ4v) is 2.68. The van der Waals surface area contributed by atoms with Gasteiger partial charge in [-0.1, -0.05) is 32.0 Å². The van der Waals surface area contributed by atoms with E-state index in [0.29, 0.717) is 23.1 Å². The summed E-state index contributed by atoms with van der Waals surface area (Å²) in [4.78, 5) is 4.44. The van der Waals surface area contributed by atoms with Crippen LogP contribution in [-0.4, -0.2) is 9.55 Å². The number of hydrogen-bond donors (Lipinski definition) is 0. The molecule has 3 rings (SSSR count). The highest BCUT2D eigenvalue weighted by Crippen LogP contribution is 2.25. The van der Waals surface area contributed by atoms with Crippen LogP contribution in [0.2, 0.25) is 0 Å². The largest absolute Gasteiger partial charge is 0.323 e. The molecule has 2 aromatic carbocycles. The lowest BCUT2D eigenvalue weighted by Gasteiger charge is -2.12. The second-order valence-electron chi connectivity index (χ2n) is 5.73. The predicted molar refractivity (Wildman–Crippen MR) is 84.0 cm³/mol. The average molecular weight is 311 g/mol. The van der Waals surface area contributed by atoms with Gasteiger partial charge in [-0.05, 0) is 11.6 Å². The number of aromatic nitrogens is 2. The number of nitrogens with zero attached hydrogens (tertiary/aromatic N) is 3. The Kier molecular flexibility index (Phi) is 3.83. The number of hydrogen-bond acceptors (Lipinski definition) is 2. The first-order valence-electron chi connectivity index (χ1n) is 7.34. The van der Waals surface area contributed by atoms with Crippen LogP contribution in [0.25, 0.3) is 11.0 Å². The normalized spacial score (nSPS) is 11.1. The Bertz CT molecular complexity index is 920. The summed E-state index contributed by atoms with van der Waals surface area (Å²) in [7, 11) is 0. The summed E-state index contributed by atoms with van der Waals surface area (Å²) in [6.07, 6.45) is 0. The molecule has 3 nitrogen and oxygen atoms in total. The maximum atomic E-state index is 13.7. The fraction of sp³-hybridized carbons (Fsp3) is 0.222. The van der Waals surface area contributed by atoms with E-state index < -0.39 is 11.6 Å². The standard InChI is InChI=1S/C18H15F2N3/c1-11(2)18-22-16-7-14(19)15(20)8-17(16)23(18)10-13-6-4-3-5-12(13)9-21/h3-8,11H,10H2,1-2H3. The minimum atomic E-state index is -0.908. The summed E-state index contributed by atoms with van der Waals surface area (Å²) in [5, 5.41) is 9.23. The van der Waals surface area contributed by atoms with Gasteiger partial charge in [0.25, 0.3) is 0 Å². The Hall–Kier alpha value is -2.74. The number of halogens is 2. The first-order chi connectivity index (χ1) is 11.0. The molecule has 0 bridgehead atoms. The fourth-order valence-electron chi connectivity index (χ4n) is 2.68. The maximum Gasteiger partial charge on any atom is 0.161 e. The van der Waals surface area contributed by atoms with Crippen molar-refractivity contribution in [2.75, 3.05) is 0 Å². The number of nitriles is 1. The Balaban J connectivity index is 2.21. The van der Waals surface area contributed by atoms with Crippen molar-refractivity contribution in [3.8, 4) is 6.07 Å². The molecule has 0 aliphatic carbocycles. The van der Waals surface area contributed by atoms with Crippen LogP contribution in [0, 0.1) is 23.0 Å². The van der Waals surface area contributed by atoms with Crippen molar-refractivity contribution in [2.24, 2.45) is 0 Å². The van der Waals surface area contributed by atoms with Gasteiger partial charge in [0.2, 0.25) is 0 Å². The zero-order valence-electron chi connectivity index (χ0n) is 12.8. The van der Waals surface area contributed by atoms with Crippen molar-refractivity contribution in [2.45, 2.75) is 26.3 Å². The first-order valence-corrected chi connectivity index (χ1v) is 7.34. The highest BCUT2D eigenvalue weighted by Gasteiger charge is 2.17. The third kappa shape index (κ3) is 2.68. The zero-order valence-corrected chi connectivity index (χ0v) is 12.8. The Labute approximate surface area is 132 Å². The molecular formula is C18H15F2N3. The van der Waals surface area contributed by atoms with Gasteiger partial charge in [-0.3, -0.25) is 0 Å². The summed E-state index contributed by atoms with van der Waals surface area (Å²) in [5.41, 5.74) is 2.33. The van der Waals surface area contributed by atoms with Crippen LogP contribution in [-0.2, 0) is 6.54 Å². The van der Waals surface area contributed by atoms with Gasteiger partial charge in [-0.25, -0.2) is 13.8 Å². The number of rotatable bonds is 3. The summed E-state index contributed by atoms with van der Waals surface area (Å²) in [6.45, 7) is 4.33. The molecule has 0 amide bonds. The summed E-state index contributed by atoms with van der Waals surface area (Å²) < 4.78 is 29.0. The van der Waals surface area contributed by atoms with Gasteiger partial charge in [0.15, 0.2) is 11.6 Å². The lowest BCUT2D eigenvalue weighted by Crippen LogP contribution is -2.08. The Morgan fingerprint density at radius 3 is 2.57 bits per heavy atom. The molecule has 1 heterocycles. The summed E-state index contributed by atoms with van der Waals surface area (Å²) in [5.74, 6) is -0.988. The third-order valence-electron chi connectivity index (χ3n) is 3.80. The van der Waals surface area contributed by atoms with Gasteiger partial charge in [0.05, 0.1) is 29.2 Å². The molecule has 3 aromatic rings. The molecule has 0 N–H and O–H groups in total. The molecule has 0 fully saturated rings. The second kappa shape index (κ2) is 5.81. The molecule has 0 spiro atoms. The molecule has 0 aliphatic heterocycles. The van der Waals surface area contributed by atoms with Crippen molar-refractivity contribution in [1.29, 1.82) is 5.26 Å². The number of fused-ring (bicyclic) bond motifs is 1. The third-order valence-corrected chi connectivity index (χ3v) is 3.80. The van der Waals surface area contributed by atoms with Gasteiger partial charge >= 0.3 is 0 Å². The van der Waals surface area contributed by atoms with Crippen LogP contribution in [0.15, 0.2) is 36.4 Å². The van der Waals surface area contributed by atoms with Crippen LogP contribution in [0.1, 0.15) is 36.7 Å². The molecule has 0 aliphatic rings. The number of benzene rings is 2. The van der Waals surface area contributed by atoms with E-state index in [-0.39, 0.29) is 5.92 Å². The molecule has 0 saturated carbocycles. The van der Waals surface area contributed by atoms with E-state index in [4.69, 9.17) is 0 Å².